The van der Waals surface area contributed by atoms with Gasteiger partial charge in [0.05, 0.1) is 17.6 Å². The second-order valence-electron chi connectivity index (χ2n) is 2.42. The molecule has 0 atom stereocenters. The van der Waals surface area contributed by atoms with Gasteiger partial charge in [0, 0.05) is 5.38 Å². The average molecular weight is 212 g/mol. The van der Waals surface area contributed by atoms with Gasteiger partial charge in [0.25, 0.3) is 0 Å². The van der Waals surface area contributed by atoms with Crippen LogP contribution >= 0.6 is 23.6 Å². The Labute approximate surface area is 83.1 Å². The molecule has 0 aliphatic rings. The molecule has 2 aromatic heterocycles. The van der Waals surface area contributed by atoms with Crippen LogP contribution in [0.2, 0.25) is 0 Å². The number of halogens is 1. The molecule has 0 amide bonds. The van der Waals surface area contributed by atoms with E-state index in [1.807, 2.05) is 5.38 Å². The van der Waals surface area contributed by atoms with Crippen molar-refractivity contribution in [3.05, 3.63) is 33.5 Å². The topological polar surface area (TPSA) is 28.7 Å². The largest absolute Gasteiger partial charge is 0.336 e. The lowest BCUT2D eigenvalue weighted by Gasteiger charge is -1.94. The van der Waals surface area contributed by atoms with Crippen LogP contribution in [0.5, 0.6) is 0 Å². The fourth-order valence-electron chi connectivity index (χ4n) is 0.941. The van der Waals surface area contributed by atoms with Crippen LogP contribution in [-0.2, 0) is 0 Å². The van der Waals surface area contributed by atoms with Crippen molar-refractivity contribution in [3.63, 3.8) is 0 Å². The summed E-state index contributed by atoms with van der Waals surface area (Å²) in [7, 11) is 0. The first-order valence-corrected chi connectivity index (χ1v) is 4.84. The Kier molecular flexibility index (Phi) is 2.20. The molecule has 2 rings (SSSR count). The minimum absolute atomic E-state index is 0.336. The Balaban J connectivity index is 2.47. The molecule has 0 radical (unpaired) electrons. The van der Waals surface area contributed by atoms with Gasteiger partial charge in [-0.05, 0) is 24.4 Å². The summed E-state index contributed by atoms with van der Waals surface area (Å²) in [5, 5.41) is 1.86. The van der Waals surface area contributed by atoms with Crippen LogP contribution < -0.4 is 0 Å². The predicted molar refractivity (Wildman–Crippen MR) is 52.7 cm³/mol. The lowest BCUT2D eigenvalue weighted by atomic mass is 10.3. The molecule has 5 heteroatoms. The van der Waals surface area contributed by atoms with E-state index in [-0.39, 0.29) is 5.82 Å². The Morgan fingerprint density at radius 1 is 1.46 bits per heavy atom. The van der Waals surface area contributed by atoms with E-state index in [2.05, 4.69) is 9.97 Å². The number of hydrogen-bond acceptors (Lipinski definition) is 3. The van der Waals surface area contributed by atoms with E-state index in [1.54, 1.807) is 6.07 Å². The van der Waals surface area contributed by atoms with Gasteiger partial charge in [-0.2, -0.15) is 0 Å². The molecular weight excluding hydrogens is 207 g/mol. The Bertz CT molecular complexity index is 457. The lowest BCUT2D eigenvalue weighted by molar-refractivity contribution is 0.622. The van der Waals surface area contributed by atoms with Crippen molar-refractivity contribution in [3.8, 4) is 11.4 Å². The van der Waals surface area contributed by atoms with Crippen LogP contribution in [0.1, 0.15) is 0 Å². The van der Waals surface area contributed by atoms with Crippen molar-refractivity contribution in [1.29, 1.82) is 0 Å². The minimum atomic E-state index is -0.336. The zero-order chi connectivity index (χ0) is 9.26. The van der Waals surface area contributed by atoms with Crippen LogP contribution in [0, 0.1) is 9.77 Å². The molecule has 0 saturated carbocycles. The zero-order valence-electron chi connectivity index (χ0n) is 6.45. The van der Waals surface area contributed by atoms with Crippen LogP contribution in [0.4, 0.5) is 4.39 Å². The number of pyridine rings is 1. The van der Waals surface area contributed by atoms with Crippen molar-refractivity contribution in [2.24, 2.45) is 0 Å². The molecule has 1 N–H and O–H groups in total. The van der Waals surface area contributed by atoms with Gasteiger partial charge >= 0.3 is 0 Å². The van der Waals surface area contributed by atoms with Crippen LogP contribution in [0.25, 0.3) is 11.4 Å². The van der Waals surface area contributed by atoms with E-state index in [1.165, 1.54) is 23.6 Å². The standard InChI is InChI=1S/C8H5FN2S2/c9-5-1-2-6(10-3-5)7-4-13-8(12)11-7/h1-4H,(H,11,12). The summed E-state index contributed by atoms with van der Waals surface area (Å²) in [6.45, 7) is 0. The highest BCUT2D eigenvalue weighted by molar-refractivity contribution is 7.73. The van der Waals surface area contributed by atoms with E-state index in [0.717, 1.165) is 5.69 Å². The van der Waals surface area contributed by atoms with Crippen LogP contribution in [-0.4, -0.2) is 9.97 Å². The van der Waals surface area contributed by atoms with Gasteiger partial charge in [0.2, 0.25) is 0 Å². The third kappa shape index (κ3) is 1.81. The van der Waals surface area contributed by atoms with Gasteiger partial charge < -0.3 is 4.98 Å². The first-order valence-electron chi connectivity index (χ1n) is 3.55. The quantitative estimate of drug-likeness (QED) is 0.736. The SMILES string of the molecule is Fc1ccc(-c2csc(=S)[nH]2)nc1. The molecule has 0 aliphatic heterocycles. The molecule has 2 aromatic rings. The molecule has 2 heterocycles. The first-order chi connectivity index (χ1) is 6.25. The molecule has 66 valence electrons. The summed E-state index contributed by atoms with van der Waals surface area (Å²) in [4.78, 5) is 6.88. The number of rotatable bonds is 1. The highest BCUT2D eigenvalue weighted by Gasteiger charge is 2.00. The highest BCUT2D eigenvalue weighted by atomic mass is 32.1. The van der Waals surface area contributed by atoms with E-state index in [0.29, 0.717) is 9.65 Å². The second-order valence-corrected chi connectivity index (χ2v) is 3.97. The maximum atomic E-state index is 12.5. The number of aromatic amines is 1. The number of nitrogens with one attached hydrogen (secondary N) is 1. The summed E-state index contributed by atoms with van der Waals surface area (Å²) in [6.07, 6.45) is 1.18. The lowest BCUT2D eigenvalue weighted by Crippen LogP contribution is -1.83. The summed E-state index contributed by atoms with van der Waals surface area (Å²) in [5.41, 5.74) is 1.53. The fraction of sp³-hybridized carbons (Fsp3) is 0. The number of aromatic nitrogens is 2. The van der Waals surface area contributed by atoms with Crippen molar-refractivity contribution in [2.75, 3.05) is 0 Å². The molecule has 0 aliphatic carbocycles. The molecule has 0 aromatic carbocycles. The van der Waals surface area contributed by atoms with Crippen LogP contribution in [0.15, 0.2) is 23.7 Å². The first kappa shape index (κ1) is 8.52. The van der Waals surface area contributed by atoms with E-state index >= 15 is 0 Å². The highest BCUT2D eigenvalue weighted by Crippen LogP contribution is 2.17. The van der Waals surface area contributed by atoms with Gasteiger partial charge in [-0.3, -0.25) is 4.98 Å². The molecule has 0 saturated heterocycles. The summed E-state index contributed by atoms with van der Waals surface area (Å²) < 4.78 is 13.2. The van der Waals surface area contributed by atoms with Gasteiger partial charge in [-0.15, -0.1) is 11.3 Å². The van der Waals surface area contributed by atoms with Crippen molar-refractivity contribution < 1.29 is 4.39 Å². The Morgan fingerprint density at radius 2 is 2.31 bits per heavy atom. The van der Waals surface area contributed by atoms with E-state index in [9.17, 15) is 4.39 Å². The smallest absolute Gasteiger partial charge is 0.158 e. The fourth-order valence-corrected chi connectivity index (χ4v) is 1.77. The van der Waals surface area contributed by atoms with Gasteiger partial charge in [-0.1, -0.05) is 0 Å². The number of thiazole rings is 1. The van der Waals surface area contributed by atoms with Crippen LogP contribution in [0.3, 0.4) is 0 Å². The number of nitrogens with zero attached hydrogens (tertiary/aromatic N) is 1. The second kappa shape index (κ2) is 3.35. The maximum absolute atomic E-state index is 12.5. The van der Waals surface area contributed by atoms with Crippen molar-refractivity contribution in [2.45, 2.75) is 0 Å². The number of hydrogen-bond donors (Lipinski definition) is 1. The van der Waals surface area contributed by atoms with Gasteiger partial charge in [0.1, 0.15) is 5.82 Å². The zero-order valence-corrected chi connectivity index (χ0v) is 8.08. The molecule has 0 bridgehead atoms. The van der Waals surface area contributed by atoms with Crippen molar-refractivity contribution >= 4 is 23.6 Å². The third-order valence-electron chi connectivity index (χ3n) is 1.52. The third-order valence-corrected chi connectivity index (χ3v) is 2.58. The van der Waals surface area contributed by atoms with Crippen molar-refractivity contribution in [1.82, 2.24) is 9.97 Å². The number of H-pyrrole nitrogens is 1. The molecule has 13 heavy (non-hydrogen) atoms. The average Bonchev–Trinajstić information content (AvgIpc) is 2.53. The molecule has 0 spiro atoms. The monoisotopic (exact) mass is 212 g/mol. The van der Waals surface area contributed by atoms with E-state index in [4.69, 9.17) is 12.2 Å². The molecule has 0 unspecified atom stereocenters. The molecule has 2 nitrogen and oxygen atoms in total. The summed E-state index contributed by atoms with van der Waals surface area (Å²) in [6, 6.07) is 2.99. The maximum Gasteiger partial charge on any atom is 0.158 e. The van der Waals surface area contributed by atoms with E-state index < -0.39 is 0 Å². The van der Waals surface area contributed by atoms with Gasteiger partial charge in [0.15, 0.2) is 3.95 Å². The molecule has 0 fully saturated rings. The summed E-state index contributed by atoms with van der Waals surface area (Å²) >= 11 is 6.35. The normalized spacial score (nSPS) is 10.2. The Morgan fingerprint density at radius 3 is 2.85 bits per heavy atom. The van der Waals surface area contributed by atoms with Gasteiger partial charge in [-0.25, -0.2) is 4.39 Å². The predicted octanol–water partition coefficient (Wildman–Crippen LogP) is 3.01. The Hall–Kier alpha value is -1.07. The molecular formula is C8H5FN2S2. The summed E-state index contributed by atoms with van der Waals surface area (Å²) in [5.74, 6) is -0.336. The minimum Gasteiger partial charge on any atom is -0.336 e.